The fraction of sp³-hybridized carbons (Fsp3) is 0.417. The minimum Gasteiger partial charge on any atom is -0.384 e. The number of aryl methyl sites for hydroxylation is 1. The molecule has 0 aliphatic carbocycles. The van der Waals surface area contributed by atoms with E-state index in [0.717, 1.165) is 11.1 Å². The lowest BCUT2D eigenvalue weighted by molar-refractivity contribution is 0.590. The van der Waals surface area contributed by atoms with E-state index in [-0.39, 0.29) is 11.3 Å². The van der Waals surface area contributed by atoms with Crippen LogP contribution in [0.25, 0.3) is 0 Å². The molecule has 2 heteroatoms. The van der Waals surface area contributed by atoms with E-state index in [2.05, 4.69) is 26.8 Å². The highest BCUT2D eigenvalue weighted by Gasteiger charge is 2.15. The summed E-state index contributed by atoms with van der Waals surface area (Å²) in [6.45, 7) is 8.44. The first-order chi connectivity index (χ1) is 6.32. The van der Waals surface area contributed by atoms with Crippen LogP contribution in [0.3, 0.4) is 0 Å². The molecule has 0 aliphatic heterocycles. The quantitative estimate of drug-likeness (QED) is 0.519. The number of amidine groups is 1. The van der Waals surface area contributed by atoms with Gasteiger partial charge in [0.2, 0.25) is 0 Å². The highest BCUT2D eigenvalue weighted by atomic mass is 14.7. The van der Waals surface area contributed by atoms with Crippen molar-refractivity contribution in [1.82, 2.24) is 0 Å². The van der Waals surface area contributed by atoms with Gasteiger partial charge in [-0.15, -0.1) is 0 Å². The van der Waals surface area contributed by atoms with Crippen molar-refractivity contribution in [3.8, 4) is 0 Å². The maximum Gasteiger partial charge on any atom is 0.123 e. The summed E-state index contributed by atoms with van der Waals surface area (Å²) in [5.41, 5.74) is 8.74. The molecular weight excluding hydrogens is 172 g/mol. The summed E-state index contributed by atoms with van der Waals surface area (Å²) in [5.74, 6) is 0.147. The number of nitrogens with two attached hydrogens (primary N) is 1. The Morgan fingerprint density at radius 2 is 1.86 bits per heavy atom. The second-order valence-corrected chi connectivity index (χ2v) is 4.69. The average molecular weight is 190 g/mol. The molecule has 1 aromatic rings. The van der Waals surface area contributed by atoms with E-state index in [1.165, 1.54) is 5.56 Å². The van der Waals surface area contributed by atoms with Crippen LogP contribution in [0.5, 0.6) is 0 Å². The summed E-state index contributed by atoms with van der Waals surface area (Å²) in [6.07, 6.45) is 0. The number of hydrogen-bond acceptors (Lipinski definition) is 1. The molecule has 1 rings (SSSR count). The molecule has 0 unspecified atom stereocenters. The molecule has 76 valence electrons. The van der Waals surface area contributed by atoms with Crippen molar-refractivity contribution >= 4 is 5.84 Å². The number of nitrogen functional groups attached to an aromatic ring is 1. The SMILES string of the molecule is Cc1ccc(C(C)(C)C)cc1C(=N)N. The lowest BCUT2D eigenvalue weighted by Crippen LogP contribution is -2.16. The highest BCUT2D eigenvalue weighted by molar-refractivity contribution is 5.96. The maximum absolute atomic E-state index is 7.46. The topological polar surface area (TPSA) is 49.9 Å². The third-order valence-electron chi connectivity index (χ3n) is 2.39. The van der Waals surface area contributed by atoms with Crippen LogP contribution >= 0.6 is 0 Å². The lowest BCUT2D eigenvalue weighted by Gasteiger charge is -2.20. The van der Waals surface area contributed by atoms with Crippen LogP contribution < -0.4 is 5.73 Å². The lowest BCUT2D eigenvalue weighted by atomic mass is 9.85. The number of hydrogen-bond donors (Lipinski definition) is 2. The van der Waals surface area contributed by atoms with Crippen LogP contribution in [0.2, 0.25) is 0 Å². The average Bonchev–Trinajstić information content (AvgIpc) is 2.02. The van der Waals surface area contributed by atoms with Gasteiger partial charge in [0, 0.05) is 5.56 Å². The summed E-state index contributed by atoms with van der Waals surface area (Å²) < 4.78 is 0. The van der Waals surface area contributed by atoms with Gasteiger partial charge in [0.05, 0.1) is 0 Å². The molecule has 0 saturated heterocycles. The van der Waals surface area contributed by atoms with E-state index in [0.29, 0.717) is 0 Å². The summed E-state index contributed by atoms with van der Waals surface area (Å²) in [5, 5.41) is 7.46. The molecule has 0 saturated carbocycles. The maximum atomic E-state index is 7.46. The monoisotopic (exact) mass is 190 g/mol. The Bertz CT molecular complexity index is 359. The first-order valence-corrected chi connectivity index (χ1v) is 4.78. The van der Waals surface area contributed by atoms with Gasteiger partial charge in [0.15, 0.2) is 0 Å². The van der Waals surface area contributed by atoms with E-state index in [4.69, 9.17) is 11.1 Å². The Kier molecular flexibility index (Phi) is 2.65. The van der Waals surface area contributed by atoms with Crippen LogP contribution in [0, 0.1) is 12.3 Å². The molecule has 0 heterocycles. The minimum absolute atomic E-state index is 0.109. The van der Waals surface area contributed by atoms with Crippen molar-refractivity contribution in [3.05, 3.63) is 34.9 Å². The van der Waals surface area contributed by atoms with E-state index < -0.39 is 0 Å². The van der Waals surface area contributed by atoms with Gasteiger partial charge in [-0.1, -0.05) is 32.9 Å². The van der Waals surface area contributed by atoms with Crippen LogP contribution in [-0.4, -0.2) is 5.84 Å². The van der Waals surface area contributed by atoms with Crippen molar-refractivity contribution in [2.45, 2.75) is 33.1 Å². The molecule has 0 radical (unpaired) electrons. The van der Waals surface area contributed by atoms with E-state index in [9.17, 15) is 0 Å². The Labute approximate surface area is 85.6 Å². The third kappa shape index (κ3) is 2.13. The van der Waals surface area contributed by atoms with Gasteiger partial charge < -0.3 is 5.73 Å². The van der Waals surface area contributed by atoms with Crippen molar-refractivity contribution in [1.29, 1.82) is 5.41 Å². The van der Waals surface area contributed by atoms with Gasteiger partial charge >= 0.3 is 0 Å². The molecular formula is C12H18N2. The smallest absolute Gasteiger partial charge is 0.123 e. The zero-order valence-electron chi connectivity index (χ0n) is 9.31. The predicted octanol–water partition coefficient (Wildman–Crippen LogP) is 2.58. The Hall–Kier alpha value is -1.31. The van der Waals surface area contributed by atoms with E-state index >= 15 is 0 Å². The molecule has 1 aromatic carbocycles. The van der Waals surface area contributed by atoms with Gasteiger partial charge in [-0.2, -0.15) is 0 Å². The van der Waals surface area contributed by atoms with Crippen molar-refractivity contribution < 1.29 is 0 Å². The summed E-state index contributed by atoms with van der Waals surface area (Å²) in [6, 6.07) is 6.14. The fourth-order valence-corrected chi connectivity index (χ4v) is 1.38. The molecule has 3 N–H and O–H groups in total. The van der Waals surface area contributed by atoms with Gasteiger partial charge in [-0.3, -0.25) is 5.41 Å². The van der Waals surface area contributed by atoms with Crippen LogP contribution in [0.1, 0.15) is 37.5 Å². The van der Waals surface area contributed by atoms with Crippen LogP contribution in [-0.2, 0) is 5.41 Å². The van der Waals surface area contributed by atoms with Crippen LogP contribution in [0.4, 0.5) is 0 Å². The Balaban J connectivity index is 3.27. The summed E-state index contributed by atoms with van der Waals surface area (Å²) in [4.78, 5) is 0. The fourth-order valence-electron chi connectivity index (χ4n) is 1.38. The van der Waals surface area contributed by atoms with Crippen molar-refractivity contribution in [2.75, 3.05) is 0 Å². The minimum atomic E-state index is 0.109. The summed E-state index contributed by atoms with van der Waals surface area (Å²) in [7, 11) is 0. The Morgan fingerprint density at radius 3 is 2.29 bits per heavy atom. The molecule has 0 atom stereocenters. The molecule has 0 amide bonds. The molecule has 14 heavy (non-hydrogen) atoms. The molecule has 0 bridgehead atoms. The normalized spacial score (nSPS) is 11.4. The standard InChI is InChI=1S/C12H18N2/c1-8-5-6-9(12(2,3)4)7-10(8)11(13)14/h5-7H,1-4H3,(H3,13,14). The van der Waals surface area contributed by atoms with E-state index in [1.807, 2.05) is 19.1 Å². The number of nitrogens with one attached hydrogen (secondary N) is 1. The summed E-state index contributed by atoms with van der Waals surface area (Å²) >= 11 is 0. The van der Waals surface area contributed by atoms with E-state index in [1.54, 1.807) is 0 Å². The number of rotatable bonds is 1. The van der Waals surface area contributed by atoms with Gasteiger partial charge in [-0.05, 0) is 29.5 Å². The molecule has 0 aliphatic rings. The largest absolute Gasteiger partial charge is 0.384 e. The van der Waals surface area contributed by atoms with Gasteiger partial charge in [0.25, 0.3) is 0 Å². The predicted molar refractivity (Wildman–Crippen MR) is 60.9 cm³/mol. The number of benzene rings is 1. The zero-order valence-corrected chi connectivity index (χ0v) is 9.31. The first-order valence-electron chi connectivity index (χ1n) is 4.78. The van der Waals surface area contributed by atoms with Crippen molar-refractivity contribution in [3.63, 3.8) is 0 Å². The highest BCUT2D eigenvalue weighted by Crippen LogP contribution is 2.24. The zero-order chi connectivity index (χ0) is 10.9. The van der Waals surface area contributed by atoms with Gasteiger partial charge in [0.1, 0.15) is 5.84 Å². The molecule has 0 spiro atoms. The first kappa shape index (κ1) is 10.8. The third-order valence-corrected chi connectivity index (χ3v) is 2.39. The molecule has 0 fully saturated rings. The van der Waals surface area contributed by atoms with Gasteiger partial charge in [-0.25, -0.2) is 0 Å². The Morgan fingerprint density at radius 1 is 1.29 bits per heavy atom. The van der Waals surface area contributed by atoms with Crippen LogP contribution in [0.15, 0.2) is 18.2 Å². The van der Waals surface area contributed by atoms with Crippen molar-refractivity contribution in [2.24, 2.45) is 5.73 Å². The second kappa shape index (κ2) is 3.45. The molecule has 0 aromatic heterocycles. The second-order valence-electron chi connectivity index (χ2n) is 4.69. The molecule has 2 nitrogen and oxygen atoms in total.